The standard InChI is InChI=1S/C23H23NO5/c1-15-12-20(25)22(13-28-15)29-14-23(26)24-11-5-8-19(24)17-9-10-21(27-2)18-7-4-3-6-16(17)18/h3-4,6-7,9-10,12-13,19H,5,8,11,14H2,1-2H3/t19-/m1/s1. The van der Waals surface area contributed by atoms with Crippen LogP contribution in [0.1, 0.15) is 30.2 Å². The van der Waals surface area contributed by atoms with Crippen molar-refractivity contribution in [3.63, 3.8) is 0 Å². The summed E-state index contributed by atoms with van der Waals surface area (Å²) in [4.78, 5) is 26.7. The normalized spacial score (nSPS) is 16.2. The van der Waals surface area contributed by atoms with E-state index in [1.807, 2.05) is 35.2 Å². The van der Waals surface area contributed by atoms with Gasteiger partial charge in [-0.15, -0.1) is 0 Å². The first-order valence-electron chi connectivity index (χ1n) is 9.66. The molecule has 1 atom stereocenters. The van der Waals surface area contributed by atoms with E-state index in [1.54, 1.807) is 14.0 Å². The Hall–Kier alpha value is -3.28. The van der Waals surface area contributed by atoms with Crippen molar-refractivity contribution in [2.45, 2.75) is 25.8 Å². The van der Waals surface area contributed by atoms with Gasteiger partial charge < -0.3 is 18.8 Å². The van der Waals surface area contributed by atoms with Crippen LogP contribution < -0.4 is 14.9 Å². The number of nitrogens with zero attached hydrogens (tertiary/aromatic N) is 1. The average Bonchev–Trinajstić information content (AvgIpc) is 3.22. The number of carbonyl (C=O) groups is 1. The third-order valence-electron chi connectivity index (χ3n) is 5.35. The Labute approximate surface area is 168 Å². The quantitative estimate of drug-likeness (QED) is 0.659. The van der Waals surface area contributed by atoms with Crippen molar-refractivity contribution in [2.24, 2.45) is 0 Å². The number of aryl methyl sites for hydroxylation is 1. The summed E-state index contributed by atoms with van der Waals surface area (Å²) in [5.41, 5.74) is 0.808. The number of carbonyl (C=O) groups excluding carboxylic acids is 1. The molecule has 1 aromatic heterocycles. The molecule has 1 aliphatic heterocycles. The van der Waals surface area contributed by atoms with Gasteiger partial charge in [0.2, 0.25) is 11.2 Å². The summed E-state index contributed by atoms with van der Waals surface area (Å²) in [6, 6.07) is 13.4. The van der Waals surface area contributed by atoms with E-state index in [2.05, 4.69) is 6.07 Å². The van der Waals surface area contributed by atoms with Gasteiger partial charge in [0.25, 0.3) is 5.91 Å². The number of hydrogen-bond acceptors (Lipinski definition) is 5. The van der Waals surface area contributed by atoms with Crippen LogP contribution in [0.3, 0.4) is 0 Å². The van der Waals surface area contributed by atoms with Crippen molar-refractivity contribution in [3.05, 3.63) is 70.3 Å². The largest absolute Gasteiger partial charge is 0.496 e. The number of methoxy groups -OCH3 is 1. The topological polar surface area (TPSA) is 69.0 Å². The first-order chi connectivity index (χ1) is 14.1. The number of ether oxygens (including phenoxy) is 2. The molecule has 1 saturated heterocycles. The van der Waals surface area contributed by atoms with Gasteiger partial charge in [-0.05, 0) is 36.8 Å². The van der Waals surface area contributed by atoms with Crippen molar-refractivity contribution in [1.82, 2.24) is 4.90 Å². The highest BCUT2D eigenvalue weighted by Gasteiger charge is 2.31. The molecule has 29 heavy (non-hydrogen) atoms. The highest BCUT2D eigenvalue weighted by Crippen LogP contribution is 2.38. The van der Waals surface area contributed by atoms with E-state index in [-0.39, 0.29) is 29.7 Å². The molecule has 4 rings (SSSR count). The molecule has 1 aliphatic rings. The molecule has 0 saturated carbocycles. The van der Waals surface area contributed by atoms with Crippen molar-refractivity contribution < 1.29 is 18.7 Å². The van der Waals surface area contributed by atoms with Gasteiger partial charge in [-0.2, -0.15) is 0 Å². The van der Waals surface area contributed by atoms with Gasteiger partial charge in [0, 0.05) is 18.0 Å². The van der Waals surface area contributed by atoms with E-state index < -0.39 is 0 Å². The van der Waals surface area contributed by atoms with E-state index in [0.29, 0.717) is 12.3 Å². The van der Waals surface area contributed by atoms with Crippen LogP contribution in [-0.4, -0.2) is 31.1 Å². The van der Waals surface area contributed by atoms with Gasteiger partial charge in [0.05, 0.1) is 13.2 Å². The molecule has 6 heteroatoms. The molecule has 2 heterocycles. The second kappa shape index (κ2) is 7.99. The van der Waals surface area contributed by atoms with Crippen molar-refractivity contribution in [1.29, 1.82) is 0 Å². The lowest BCUT2D eigenvalue weighted by Gasteiger charge is -2.26. The molecule has 1 fully saturated rings. The zero-order chi connectivity index (χ0) is 20.4. The molecule has 0 spiro atoms. The van der Waals surface area contributed by atoms with Crippen LogP contribution in [-0.2, 0) is 4.79 Å². The first-order valence-corrected chi connectivity index (χ1v) is 9.66. The van der Waals surface area contributed by atoms with Crippen LogP contribution in [0.2, 0.25) is 0 Å². The number of fused-ring (bicyclic) bond motifs is 1. The predicted octanol–water partition coefficient (Wildman–Crippen LogP) is 3.85. The van der Waals surface area contributed by atoms with Crippen LogP contribution in [0.5, 0.6) is 11.5 Å². The Bertz CT molecular complexity index is 1100. The molecule has 6 nitrogen and oxygen atoms in total. The second-order valence-electron chi connectivity index (χ2n) is 7.16. The van der Waals surface area contributed by atoms with Crippen LogP contribution in [0.4, 0.5) is 0 Å². The lowest BCUT2D eigenvalue weighted by atomic mass is 9.96. The molecular weight excluding hydrogens is 370 g/mol. The summed E-state index contributed by atoms with van der Waals surface area (Å²) in [6.45, 7) is 2.15. The predicted molar refractivity (Wildman–Crippen MR) is 109 cm³/mol. The van der Waals surface area contributed by atoms with E-state index >= 15 is 0 Å². The number of hydrogen-bond donors (Lipinski definition) is 0. The van der Waals surface area contributed by atoms with Crippen LogP contribution in [0.25, 0.3) is 10.8 Å². The smallest absolute Gasteiger partial charge is 0.261 e. The second-order valence-corrected chi connectivity index (χ2v) is 7.16. The lowest BCUT2D eigenvalue weighted by molar-refractivity contribution is -0.134. The van der Waals surface area contributed by atoms with Gasteiger partial charge in [0.1, 0.15) is 17.8 Å². The van der Waals surface area contributed by atoms with E-state index in [9.17, 15) is 9.59 Å². The molecule has 0 unspecified atom stereocenters. The fraction of sp³-hybridized carbons (Fsp3) is 0.304. The Morgan fingerprint density at radius 1 is 1.17 bits per heavy atom. The summed E-state index contributed by atoms with van der Waals surface area (Å²) in [6.07, 6.45) is 3.06. The fourth-order valence-corrected chi connectivity index (χ4v) is 3.97. The lowest BCUT2D eigenvalue weighted by Crippen LogP contribution is -2.35. The summed E-state index contributed by atoms with van der Waals surface area (Å²) in [7, 11) is 1.66. The minimum absolute atomic E-state index is 0.0312. The average molecular weight is 393 g/mol. The Morgan fingerprint density at radius 2 is 1.97 bits per heavy atom. The summed E-state index contributed by atoms with van der Waals surface area (Å²) in [5, 5.41) is 2.11. The number of amides is 1. The molecule has 1 amide bonds. The van der Waals surface area contributed by atoms with E-state index in [4.69, 9.17) is 13.9 Å². The molecule has 2 aromatic carbocycles. The molecule has 150 valence electrons. The van der Waals surface area contributed by atoms with Crippen molar-refractivity contribution >= 4 is 16.7 Å². The van der Waals surface area contributed by atoms with Crippen molar-refractivity contribution in [2.75, 3.05) is 20.3 Å². The maximum absolute atomic E-state index is 12.9. The maximum atomic E-state index is 12.9. The molecule has 0 bridgehead atoms. The Morgan fingerprint density at radius 3 is 2.72 bits per heavy atom. The van der Waals surface area contributed by atoms with Gasteiger partial charge in [0.15, 0.2) is 6.61 Å². The van der Waals surface area contributed by atoms with E-state index in [0.717, 1.165) is 34.9 Å². The third-order valence-corrected chi connectivity index (χ3v) is 5.35. The van der Waals surface area contributed by atoms with Crippen LogP contribution in [0, 0.1) is 6.92 Å². The van der Waals surface area contributed by atoms with Crippen LogP contribution in [0.15, 0.2) is 57.9 Å². The van der Waals surface area contributed by atoms with Gasteiger partial charge in [-0.3, -0.25) is 9.59 Å². The zero-order valence-corrected chi connectivity index (χ0v) is 16.5. The Balaban J connectivity index is 1.57. The summed E-state index contributed by atoms with van der Waals surface area (Å²) >= 11 is 0. The minimum Gasteiger partial charge on any atom is -0.496 e. The molecule has 0 aliphatic carbocycles. The van der Waals surface area contributed by atoms with Gasteiger partial charge in [-0.25, -0.2) is 0 Å². The molecular formula is C23H23NO5. The molecule has 0 N–H and O–H groups in total. The highest BCUT2D eigenvalue weighted by molar-refractivity contribution is 5.92. The number of rotatable bonds is 5. The molecule has 3 aromatic rings. The van der Waals surface area contributed by atoms with Gasteiger partial charge in [-0.1, -0.05) is 30.3 Å². The first kappa shape index (κ1) is 19.1. The summed E-state index contributed by atoms with van der Waals surface area (Å²) < 4.78 is 16.1. The fourth-order valence-electron chi connectivity index (χ4n) is 3.97. The maximum Gasteiger partial charge on any atom is 0.261 e. The minimum atomic E-state index is -0.291. The zero-order valence-electron chi connectivity index (χ0n) is 16.5. The number of benzene rings is 2. The van der Waals surface area contributed by atoms with Crippen molar-refractivity contribution in [3.8, 4) is 11.5 Å². The highest BCUT2D eigenvalue weighted by atomic mass is 16.5. The third kappa shape index (κ3) is 3.70. The SMILES string of the molecule is COc1ccc([C@H]2CCCN2C(=O)COc2coc(C)cc2=O)c2ccccc12. The Kier molecular flexibility index (Phi) is 5.25. The molecule has 0 radical (unpaired) electrons. The van der Waals surface area contributed by atoms with Gasteiger partial charge >= 0.3 is 0 Å². The van der Waals surface area contributed by atoms with Crippen LogP contribution >= 0.6 is 0 Å². The van der Waals surface area contributed by atoms with E-state index in [1.165, 1.54) is 12.3 Å². The summed E-state index contributed by atoms with van der Waals surface area (Å²) in [5.74, 6) is 1.22. The number of likely N-dealkylation sites (tertiary alicyclic amines) is 1. The monoisotopic (exact) mass is 393 g/mol.